The minimum atomic E-state index is 0.523. The molecule has 0 unspecified atom stereocenters. The van der Waals surface area contributed by atoms with Crippen molar-refractivity contribution in [3.8, 4) is 21.8 Å². The summed E-state index contributed by atoms with van der Waals surface area (Å²) < 4.78 is 0. The average Bonchev–Trinajstić information content (AvgIpc) is 2.99. The van der Waals surface area contributed by atoms with Gasteiger partial charge in [-0.2, -0.15) is 5.10 Å². The monoisotopic (exact) mass is 256 g/mol. The Hall–Kier alpha value is -2.14. The maximum Gasteiger partial charge on any atom is 0.123 e. The van der Waals surface area contributed by atoms with E-state index in [1.54, 1.807) is 23.6 Å². The van der Waals surface area contributed by atoms with Gasteiger partial charge >= 0.3 is 0 Å². The second-order valence-electron chi connectivity index (χ2n) is 4.02. The van der Waals surface area contributed by atoms with E-state index in [0.29, 0.717) is 5.82 Å². The first-order valence-corrected chi connectivity index (χ1v) is 6.44. The fourth-order valence-electron chi connectivity index (χ4n) is 1.89. The molecule has 3 aromatic rings. The molecule has 4 nitrogen and oxygen atoms in total. The molecule has 0 saturated carbocycles. The molecule has 3 rings (SSSR count). The molecule has 5 heteroatoms. The molecule has 3 aromatic heterocycles. The van der Waals surface area contributed by atoms with Crippen LogP contribution in [0.5, 0.6) is 0 Å². The normalized spacial score (nSPS) is 10.7. The fourth-order valence-corrected chi connectivity index (χ4v) is 2.66. The molecule has 18 heavy (non-hydrogen) atoms. The van der Waals surface area contributed by atoms with Crippen LogP contribution in [0.1, 0.15) is 5.56 Å². The van der Waals surface area contributed by atoms with Gasteiger partial charge in [0.1, 0.15) is 11.5 Å². The van der Waals surface area contributed by atoms with Crippen LogP contribution in [0.4, 0.5) is 5.82 Å². The van der Waals surface area contributed by atoms with Gasteiger partial charge < -0.3 is 5.73 Å². The van der Waals surface area contributed by atoms with Gasteiger partial charge in [0.2, 0.25) is 0 Å². The maximum atomic E-state index is 5.59. The number of nitrogens with two attached hydrogens (primary N) is 1. The van der Waals surface area contributed by atoms with Crippen molar-refractivity contribution in [1.82, 2.24) is 15.2 Å². The van der Waals surface area contributed by atoms with Crippen LogP contribution in [0.3, 0.4) is 0 Å². The Morgan fingerprint density at radius 1 is 1.28 bits per heavy atom. The van der Waals surface area contributed by atoms with Gasteiger partial charge in [-0.05, 0) is 30.5 Å². The number of hydrogen-bond acceptors (Lipinski definition) is 4. The van der Waals surface area contributed by atoms with Gasteiger partial charge in [-0.3, -0.25) is 5.10 Å². The van der Waals surface area contributed by atoms with Gasteiger partial charge in [0.05, 0.1) is 10.6 Å². The summed E-state index contributed by atoms with van der Waals surface area (Å²) in [6.07, 6.45) is 1.76. The third-order valence-corrected chi connectivity index (χ3v) is 3.72. The highest BCUT2D eigenvalue weighted by Gasteiger charge is 2.13. The van der Waals surface area contributed by atoms with Crippen molar-refractivity contribution in [2.45, 2.75) is 6.92 Å². The summed E-state index contributed by atoms with van der Waals surface area (Å²) in [6.45, 7) is 2.06. The van der Waals surface area contributed by atoms with Crippen molar-refractivity contribution in [2.24, 2.45) is 0 Å². The van der Waals surface area contributed by atoms with Gasteiger partial charge in [0.25, 0.3) is 0 Å². The lowest BCUT2D eigenvalue weighted by molar-refractivity contribution is 1.10. The Kier molecular flexibility index (Phi) is 2.60. The van der Waals surface area contributed by atoms with Gasteiger partial charge in [0.15, 0.2) is 0 Å². The van der Waals surface area contributed by atoms with Crippen molar-refractivity contribution in [3.05, 3.63) is 41.4 Å². The summed E-state index contributed by atoms with van der Waals surface area (Å²) in [4.78, 5) is 5.27. The molecule has 0 amide bonds. The van der Waals surface area contributed by atoms with Crippen LogP contribution < -0.4 is 5.73 Å². The standard InChI is InChI=1S/C13H12N4S/c1-8-12(9-4-5-11(14)15-7-9)16-17-13(8)10-3-2-6-18-10/h2-7H,1H3,(H2,14,15)(H,16,17). The number of H-pyrrole nitrogens is 1. The van der Waals surface area contributed by atoms with Gasteiger partial charge in [-0.1, -0.05) is 6.07 Å². The van der Waals surface area contributed by atoms with E-state index in [4.69, 9.17) is 5.73 Å². The molecule has 0 aliphatic rings. The predicted molar refractivity (Wildman–Crippen MR) is 74.3 cm³/mol. The molecule has 0 spiro atoms. The Morgan fingerprint density at radius 3 is 2.83 bits per heavy atom. The average molecular weight is 256 g/mol. The first kappa shape index (κ1) is 11.0. The van der Waals surface area contributed by atoms with E-state index in [2.05, 4.69) is 28.2 Å². The van der Waals surface area contributed by atoms with E-state index in [1.807, 2.05) is 17.5 Å². The van der Waals surface area contributed by atoms with E-state index < -0.39 is 0 Å². The van der Waals surface area contributed by atoms with Gasteiger partial charge in [0, 0.05) is 17.3 Å². The zero-order valence-electron chi connectivity index (χ0n) is 9.84. The van der Waals surface area contributed by atoms with Crippen LogP contribution >= 0.6 is 11.3 Å². The second kappa shape index (κ2) is 4.27. The lowest BCUT2D eigenvalue weighted by Gasteiger charge is -2.00. The molecular formula is C13H12N4S. The summed E-state index contributed by atoms with van der Waals surface area (Å²) >= 11 is 1.68. The summed E-state index contributed by atoms with van der Waals surface area (Å²) in [5.74, 6) is 0.523. The summed E-state index contributed by atoms with van der Waals surface area (Å²) in [5, 5.41) is 9.51. The molecule has 90 valence electrons. The van der Waals surface area contributed by atoms with Crippen LogP contribution in [0, 0.1) is 6.92 Å². The lowest BCUT2D eigenvalue weighted by atomic mass is 10.1. The number of nitrogens with one attached hydrogen (secondary N) is 1. The predicted octanol–water partition coefficient (Wildman–Crippen LogP) is 3.09. The summed E-state index contributed by atoms with van der Waals surface area (Å²) in [5.41, 5.74) is 9.70. The first-order valence-electron chi connectivity index (χ1n) is 5.56. The molecule has 0 aliphatic heterocycles. The third-order valence-electron chi connectivity index (χ3n) is 2.84. The van der Waals surface area contributed by atoms with Crippen molar-refractivity contribution in [2.75, 3.05) is 5.73 Å². The number of thiophene rings is 1. The lowest BCUT2D eigenvalue weighted by Crippen LogP contribution is -1.89. The van der Waals surface area contributed by atoms with Crippen molar-refractivity contribution in [3.63, 3.8) is 0 Å². The smallest absolute Gasteiger partial charge is 0.123 e. The highest BCUT2D eigenvalue weighted by Crippen LogP contribution is 2.31. The van der Waals surface area contributed by atoms with E-state index >= 15 is 0 Å². The molecule has 0 radical (unpaired) electrons. The Bertz CT molecular complexity index is 653. The zero-order valence-corrected chi connectivity index (χ0v) is 10.7. The van der Waals surface area contributed by atoms with E-state index in [0.717, 1.165) is 22.5 Å². The highest BCUT2D eigenvalue weighted by molar-refractivity contribution is 7.13. The molecule has 3 heterocycles. The minimum Gasteiger partial charge on any atom is -0.384 e. The van der Waals surface area contributed by atoms with E-state index in [9.17, 15) is 0 Å². The van der Waals surface area contributed by atoms with Crippen molar-refractivity contribution in [1.29, 1.82) is 0 Å². The number of aromatic amines is 1. The number of rotatable bonds is 2. The Morgan fingerprint density at radius 2 is 2.17 bits per heavy atom. The zero-order chi connectivity index (χ0) is 12.5. The maximum absolute atomic E-state index is 5.59. The summed E-state index contributed by atoms with van der Waals surface area (Å²) in [7, 11) is 0. The molecule has 0 aromatic carbocycles. The molecule has 0 saturated heterocycles. The number of nitrogen functional groups attached to an aromatic ring is 1. The number of nitrogens with zero attached hydrogens (tertiary/aromatic N) is 2. The van der Waals surface area contributed by atoms with Crippen LogP contribution in [-0.4, -0.2) is 15.2 Å². The SMILES string of the molecule is Cc1c(-c2cccs2)n[nH]c1-c1ccc(N)nc1. The van der Waals surface area contributed by atoms with E-state index in [-0.39, 0.29) is 0 Å². The van der Waals surface area contributed by atoms with Crippen LogP contribution in [0.25, 0.3) is 21.8 Å². The second-order valence-corrected chi connectivity index (χ2v) is 4.97. The van der Waals surface area contributed by atoms with E-state index in [1.165, 1.54) is 4.88 Å². The largest absolute Gasteiger partial charge is 0.384 e. The van der Waals surface area contributed by atoms with Crippen LogP contribution in [-0.2, 0) is 0 Å². The topological polar surface area (TPSA) is 67.6 Å². The number of pyridine rings is 1. The molecule has 0 fully saturated rings. The molecule has 0 aliphatic carbocycles. The fraction of sp³-hybridized carbons (Fsp3) is 0.0769. The van der Waals surface area contributed by atoms with Gasteiger partial charge in [-0.15, -0.1) is 11.3 Å². The third kappa shape index (κ3) is 1.78. The van der Waals surface area contributed by atoms with Crippen molar-refractivity contribution < 1.29 is 0 Å². The summed E-state index contributed by atoms with van der Waals surface area (Å²) in [6, 6.07) is 7.83. The van der Waals surface area contributed by atoms with Crippen LogP contribution in [0.15, 0.2) is 35.8 Å². The molecule has 0 atom stereocenters. The Labute approximate surface area is 109 Å². The van der Waals surface area contributed by atoms with Crippen molar-refractivity contribution >= 4 is 17.2 Å². The number of hydrogen-bond donors (Lipinski definition) is 2. The number of anilines is 1. The quantitative estimate of drug-likeness (QED) is 0.740. The molecule has 0 bridgehead atoms. The van der Waals surface area contributed by atoms with Crippen LogP contribution in [0.2, 0.25) is 0 Å². The molecule has 3 N–H and O–H groups in total. The Balaban J connectivity index is 2.07. The highest BCUT2D eigenvalue weighted by atomic mass is 32.1. The minimum absolute atomic E-state index is 0.523. The number of aromatic nitrogens is 3. The molecular weight excluding hydrogens is 244 g/mol. The first-order chi connectivity index (χ1) is 8.75. The van der Waals surface area contributed by atoms with Gasteiger partial charge in [-0.25, -0.2) is 4.98 Å².